The highest BCUT2D eigenvalue weighted by molar-refractivity contribution is 4.99. The number of aliphatic hydroxyl groups excluding tert-OH is 1. The maximum Gasteiger partial charge on any atom is 0.0692 e. The summed E-state index contributed by atoms with van der Waals surface area (Å²) >= 11 is 0. The molecule has 0 amide bonds. The van der Waals surface area contributed by atoms with Crippen LogP contribution in [0.25, 0.3) is 0 Å². The van der Waals surface area contributed by atoms with Gasteiger partial charge in [0.15, 0.2) is 0 Å². The monoisotopic (exact) mass is 152 g/mol. The summed E-state index contributed by atoms with van der Waals surface area (Å²) < 4.78 is 0. The number of hydrogen-bond acceptors (Lipinski definition) is 1. The normalized spacial score (nSPS) is 27.6. The first-order chi connectivity index (χ1) is 5.29. The number of allylic oxidation sites excluding steroid dienone is 3. The van der Waals surface area contributed by atoms with Gasteiger partial charge in [0.25, 0.3) is 0 Å². The van der Waals surface area contributed by atoms with Gasteiger partial charge in [-0.25, -0.2) is 0 Å². The van der Waals surface area contributed by atoms with E-state index in [2.05, 4.69) is 18.2 Å². The molecule has 0 bridgehead atoms. The minimum atomic E-state index is -0.291. The van der Waals surface area contributed by atoms with Crippen LogP contribution in [0.15, 0.2) is 24.3 Å². The average molecular weight is 152 g/mol. The van der Waals surface area contributed by atoms with Gasteiger partial charge in [-0.3, -0.25) is 0 Å². The van der Waals surface area contributed by atoms with E-state index >= 15 is 0 Å². The summed E-state index contributed by atoms with van der Waals surface area (Å²) in [4.78, 5) is 0. The van der Waals surface area contributed by atoms with Crippen molar-refractivity contribution in [1.82, 2.24) is 0 Å². The second kappa shape index (κ2) is 4.35. The molecular weight excluding hydrogens is 136 g/mol. The van der Waals surface area contributed by atoms with Crippen LogP contribution < -0.4 is 0 Å². The molecule has 1 rings (SSSR count). The smallest absolute Gasteiger partial charge is 0.0692 e. The molecule has 0 aromatic carbocycles. The van der Waals surface area contributed by atoms with Crippen LogP contribution in [-0.2, 0) is 0 Å². The minimum absolute atomic E-state index is 0.291. The molecule has 0 saturated heterocycles. The van der Waals surface area contributed by atoms with Crippen LogP contribution in [0, 0.1) is 5.92 Å². The summed E-state index contributed by atoms with van der Waals surface area (Å²) in [7, 11) is 0. The van der Waals surface area contributed by atoms with Gasteiger partial charge >= 0.3 is 0 Å². The van der Waals surface area contributed by atoms with Crippen LogP contribution in [-0.4, -0.2) is 11.2 Å². The van der Waals surface area contributed by atoms with Gasteiger partial charge in [0.2, 0.25) is 0 Å². The lowest BCUT2D eigenvalue weighted by Gasteiger charge is -2.12. The van der Waals surface area contributed by atoms with Gasteiger partial charge in [-0.15, -0.1) is 0 Å². The molecule has 1 aliphatic rings. The fourth-order valence-corrected chi connectivity index (χ4v) is 1.31. The zero-order valence-corrected chi connectivity index (χ0v) is 7.03. The minimum Gasteiger partial charge on any atom is -0.389 e. The first-order valence-corrected chi connectivity index (χ1v) is 4.30. The Kier molecular flexibility index (Phi) is 3.37. The lowest BCUT2D eigenvalue weighted by atomic mass is 9.94. The third kappa shape index (κ3) is 3.38. The molecule has 1 aliphatic carbocycles. The van der Waals surface area contributed by atoms with Crippen molar-refractivity contribution in [3.63, 3.8) is 0 Å². The summed E-state index contributed by atoms with van der Waals surface area (Å²) in [5.74, 6) is 0.662. The van der Waals surface area contributed by atoms with E-state index in [9.17, 15) is 0 Å². The Morgan fingerprint density at radius 3 is 2.91 bits per heavy atom. The second-order valence-corrected chi connectivity index (χ2v) is 3.17. The summed E-state index contributed by atoms with van der Waals surface area (Å²) in [6.45, 7) is 1.79. The van der Waals surface area contributed by atoms with Gasteiger partial charge in [-0.05, 0) is 32.1 Å². The Morgan fingerprint density at radius 2 is 2.36 bits per heavy atom. The number of aliphatic hydroxyl groups is 1. The van der Waals surface area contributed by atoms with E-state index in [0.29, 0.717) is 5.92 Å². The molecule has 11 heavy (non-hydrogen) atoms. The molecule has 0 unspecified atom stereocenters. The van der Waals surface area contributed by atoms with E-state index in [1.807, 2.05) is 6.08 Å². The lowest BCUT2D eigenvalue weighted by Crippen LogP contribution is -2.00. The maximum atomic E-state index is 8.98. The Balaban J connectivity index is 2.31. The SMILES string of the molecule is C[C@@H](O)/C=C\[C@H]1CC=CCC1. The molecule has 2 atom stereocenters. The summed E-state index contributed by atoms with van der Waals surface area (Å²) in [6, 6.07) is 0. The molecule has 0 radical (unpaired) electrons. The first kappa shape index (κ1) is 8.54. The van der Waals surface area contributed by atoms with Crippen LogP contribution >= 0.6 is 0 Å². The van der Waals surface area contributed by atoms with Gasteiger partial charge in [0.1, 0.15) is 0 Å². The quantitative estimate of drug-likeness (QED) is 0.602. The molecule has 0 saturated carbocycles. The topological polar surface area (TPSA) is 20.2 Å². The highest BCUT2D eigenvalue weighted by atomic mass is 16.3. The van der Waals surface area contributed by atoms with Crippen molar-refractivity contribution in [3.8, 4) is 0 Å². The van der Waals surface area contributed by atoms with Crippen molar-refractivity contribution in [1.29, 1.82) is 0 Å². The Bertz CT molecular complexity index is 156. The van der Waals surface area contributed by atoms with Gasteiger partial charge in [-0.1, -0.05) is 24.3 Å². The predicted octanol–water partition coefficient (Wildman–Crippen LogP) is 2.28. The summed E-state index contributed by atoms with van der Waals surface area (Å²) in [6.07, 6.45) is 11.7. The average Bonchev–Trinajstić information content (AvgIpc) is 2.03. The van der Waals surface area contributed by atoms with Crippen LogP contribution in [0.3, 0.4) is 0 Å². The van der Waals surface area contributed by atoms with Crippen molar-refractivity contribution in [3.05, 3.63) is 24.3 Å². The van der Waals surface area contributed by atoms with Gasteiger partial charge in [-0.2, -0.15) is 0 Å². The third-order valence-corrected chi connectivity index (χ3v) is 1.97. The van der Waals surface area contributed by atoms with E-state index in [1.165, 1.54) is 12.8 Å². The van der Waals surface area contributed by atoms with Crippen molar-refractivity contribution < 1.29 is 5.11 Å². The van der Waals surface area contributed by atoms with Gasteiger partial charge < -0.3 is 5.11 Å². The molecular formula is C10H16O. The lowest BCUT2D eigenvalue weighted by molar-refractivity contribution is 0.243. The molecule has 0 heterocycles. The van der Waals surface area contributed by atoms with Crippen LogP contribution in [0.1, 0.15) is 26.2 Å². The van der Waals surface area contributed by atoms with Crippen LogP contribution in [0.5, 0.6) is 0 Å². The largest absolute Gasteiger partial charge is 0.389 e. The van der Waals surface area contributed by atoms with Crippen molar-refractivity contribution in [2.45, 2.75) is 32.3 Å². The molecule has 0 aliphatic heterocycles. The van der Waals surface area contributed by atoms with Crippen molar-refractivity contribution >= 4 is 0 Å². The van der Waals surface area contributed by atoms with Crippen LogP contribution in [0.4, 0.5) is 0 Å². The molecule has 0 fully saturated rings. The fraction of sp³-hybridized carbons (Fsp3) is 0.600. The van der Waals surface area contributed by atoms with E-state index < -0.39 is 0 Å². The van der Waals surface area contributed by atoms with Crippen molar-refractivity contribution in [2.24, 2.45) is 5.92 Å². The molecule has 0 spiro atoms. The van der Waals surface area contributed by atoms with E-state index in [-0.39, 0.29) is 6.10 Å². The predicted molar refractivity (Wildman–Crippen MR) is 47.3 cm³/mol. The highest BCUT2D eigenvalue weighted by Crippen LogP contribution is 2.19. The first-order valence-electron chi connectivity index (χ1n) is 4.30. The molecule has 1 nitrogen and oxygen atoms in total. The Labute approximate surface area is 68.4 Å². The molecule has 0 aromatic rings. The number of rotatable bonds is 2. The maximum absolute atomic E-state index is 8.98. The zero-order chi connectivity index (χ0) is 8.10. The van der Waals surface area contributed by atoms with Gasteiger partial charge in [0, 0.05) is 0 Å². The Morgan fingerprint density at radius 1 is 1.55 bits per heavy atom. The summed E-state index contributed by atoms with van der Waals surface area (Å²) in [5.41, 5.74) is 0. The van der Waals surface area contributed by atoms with E-state index in [4.69, 9.17) is 5.11 Å². The molecule has 0 aromatic heterocycles. The molecule has 62 valence electrons. The fourth-order valence-electron chi connectivity index (χ4n) is 1.31. The second-order valence-electron chi connectivity index (χ2n) is 3.17. The molecule has 1 N–H and O–H groups in total. The van der Waals surface area contributed by atoms with Gasteiger partial charge in [0.05, 0.1) is 6.10 Å². The standard InChI is InChI=1S/C10H16O/c1-9(11)7-8-10-5-3-2-4-6-10/h2-3,7-11H,4-6H2,1H3/b8-7-/t9-,10+/m1/s1. The molecule has 1 heteroatoms. The van der Waals surface area contributed by atoms with E-state index in [1.54, 1.807) is 6.92 Å². The Hall–Kier alpha value is -0.560. The van der Waals surface area contributed by atoms with Crippen molar-refractivity contribution in [2.75, 3.05) is 0 Å². The van der Waals surface area contributed by atoms with E-state index in [0.717, 1.165) is 6.42 Å². The number of hydrogen-bond donors (Lipinski definition) is 1. The summed E-state index contributed by atoms with van der Waals surface area (Å²) in [5, 5.41) is 8.98. The highest BCUT2D eigenvalue weighted by Gasteiger charge is 2.04. The third-order valence-electron chi connectivity index (χ3n) is 1.97. The zero-order valence-electron chi connectivity index (χ0n) is 7.03. The van der Waals surface area contributed by atoms with Crippen LogP contribution in [0.2, 0.25) is 0 Å².